The summed E-state index contributed by atoms with van der Waals surface area (Å²) >= 11 is 1.94. The highest BCUT2D eigenvalue weighted by Crippen LogP contribution is 2.35. The van der Waals surface area contributed by atoms with Crippen LogP contribution in [-0.4, -0.2) is 6.54 Å². The summed E-state index contributed by atoms with van der Waals surface area (Å²) in [5.74, 6) is 0.717. The predicted octanol–water partition coefficient (Wildman–Crippen LogP) is 5.17. The van der Waals surface area contributed by atoms with Crippen molar-refractivity contribution in [1.29, 1.82) is 0 Å². The van der Waals surface area contributed by atoms with Crippen LogP contribution in [0.25, 0.3) is 0 Å². The van der Waals surface area contributed by atoms with E-state index in [1.807, 2.05) is 11.3 Å². The minimum atomic E-state index is 0.387. The van der Waals surface area contributed by atoms with E-state index in [-0.39, 0.29) is 0 Å². The summed E-state index contributed by atoms with van der Waals surface area (Å²) in [5, 5.41) is 3.71. The summed E-state index contributed by atoms with van der Waals surface area (Å²) in [6.07, 6.45) is 2.42. The van der Waals surface area contributed by atoms with Crippen LogP contribution >= 0.6 is 11.3 Å². The maximum absolute atomic E-state index is 3.71. The Labute approximate surface area is 117 Å². The predicted molar refractivity (Wildman–Crippen MR) is 83.3 cm³/mol. The Morgan fingerprint density at radius 1 is 1.28 bits per heavy atom. The SMILES string of the molecule is CCCNC(CC(C)C(C)(C)C)c1ccc(C)s1. The molecule has 1 rings (SSSR count). The van der Waals surface area contributed by atoms with Crippen molar-refractivity contribution >= 4 is 11.3 Å². The van der Waals surface area contributed by atoms with Crippen molar-refractivity contribution in [2.45, 2.75) is 60.4 Å². The molecule has 18 heavy (non-hydrogen) atoms. The maximum Gasteiger partial charge on any atom is 0.0417 e. The normalized spacial score (nSPS) is 15.7. The summed E-state index contributed by atoms with van der Waals surface area (Å²) in [5.41, 5.74) is 0.387. The lowest BCUT2D eigenvalue weighted by molar-refractivity contribution is 0.224. The van der Waals surface area contributed by atoms with Gasteiger partial charge in [-0.2, -0.15) is 0 Å². The first-order chi connectivity index (χ1) is 8.34. The van der Waals surface area contributed by atoms with Crippen LogP contribution < -0.4 is 5.32 Å². The number of rotatable bonds is 6. The van der Waals surface area contributed by atoms with Crippen LogP contribution in [0.3, 0.4) is 0 Å². The summed E-state index contributed by atoms with van der Waals surface area (Å²) < 4.78 is 0. The van der Waals surface area contributed by atoms with Gasteiger partial charge in [0.05, 0.1) is 0 Å². The lowest BCUT2D eigenvalue weighted by atomic mass is 9.78. The number of thiophene rings is 1. The average molecular weight is 267 g/mol. The molecular formula is C16H29NS. The molecule has 0 bridgehead atoms. The molecule has 0 amide bonds. The molecule has 1 N–H and O–H groups in total. The number of hydrogen-bond acceptors (Lipinski definition) is 2. The molecule has 104 valence electrons. The van der Waals surface area contributed by atoms with Gasteiger partial charge in [0.2, 0.25) is 0 Å². The smallest absolute Gasteiger partial charge is 0.0417 e. The number of nitrogens with one attached hydrogen (secondary N) is 1. The Hall–Kier alpha value is -0.340. The van der Waals surface area contributed by atoms with Crippen LogP contribution in [0, 0.1) is 18.3 Å². The molecule has 0 aromatic carbocycles. The van der Waals surface area contributed by atoms with Crippen molar-refractivity contribution in [3.05, 3.63) is 21.9 Å². The molecule has 0 radical (unpaired) electrons. The lowest BCUT2D eigenvalue weighted by Gasteiger charge is -2.31. The molecular weight excluding hydrogens is 238 g/mol. The van der Waals surface area contributed by atoms with Crippen LogP contribution in [0.4, 0.5) is 0 Å². The van der Waals surface area contributed by atoms with Gasteiger partial charge in [0.15, 0.2) is 0 Å². The number of hydrogen-bond donors (Lipinski definition) is 1. The van der Waals surface area contributed by atoms with E-state index < -0.39 is 0 Å². The van der Waals surface area contributed by atoms with E-state index in [1.54, 1.807) is 0 Å². The van der Waals surface area contributed by atoms with Gasteiger partial charge in [-0.1, -0.05) is 34.6 Å². The van der Waals surface area contributed by atoms with E-state index >= 15 is 0 Å². The fourth-order valence-electron chi connectivity index (χ4n) is 1.97. The Morgan fingerprint density at radius 3 is 2.39 bits per heavy atom. The van der Waals surface area contributed by atoms with Crippen molar-refractivity contribution in [1.82, 2.24) is 5.32 Å². The summed E-state index contributed by atoms with van der Waals surface area (Å²) in [6.45, 7) is 14.9. The van der Waals surface area contributed by atoms with Crippen molar-refractivity contribution in [3.63, 3.8) is 0 Å². The molecule has 1 nitrogen and oxygen atoms in total. The summed E-state index contributed by atoms with van der Waals surface area (Å²) in [7, 11) is 0. The zero-order chi connectivity index (χ0) is 13.8. The third kappa shape index (κ3) is 4.74. The van der Waals surface area contributed by atoms with Gasteiger partial charge in [0.25, 0.3) is 0 Å². The van der Waals surface area contributed by atoms with Crippen LogP contribution in [0.1, 0.15) is 63.3 Å². The molecule has 2 unspecified atom stereocenters. The van der Waals surface area contributed by atoms with Crippen LogP contribution in [0.15, 0.2) is 12.1 Å². The molecule has 0 saturated heterocycles. The molecule has 1 aromatic heterocycles. The van der Waals surface area contributed by atoms with E-state index in [1.165, 1.54) is 22.6 Å². The van der Waals surface area contributed by atoms with Gasteiger partial charge in [0.1, 0.15) is 0 Å². The van der Waals surface area contributed by atoms with Crippen molar-refractivity contribution in [3.8, 4) is 0 Å². The minimum absolute atomic E-state index is 0.387. The van der Waals surface area contributed by atoms with Gasteiger partial charge in [0, 0.05) is 15.8 Å². The third-order valence-electron chi connectivity index (χ3n) is 3.81. The van der Waals surface area contributed by atoms with E-state index in [0.29, 0.717) is 17.4 Å². The van der Waals surface area contributed by atoms with Crippen molar-refractivity contribution in [2.75, 3.05) is 6.54 Å². The van der Waals surface area contributed by atoms with Gasteiger partial charge < -0.3 is 5.32 Å². The Bertz CT molecular complexity index is 348. The first-order valence-electron chi connectivity index (χ1n) is 7.14. The topological polar surface area (TPSA) is 12.0 Å². The third-order valence-corrected chi connectivity index (χ3v) is 4.93. The average Bonchev–Trinajstić information content (AvgIpc) is 2.69. The van der Waals surface area contributed by atoms with Gasteiger partial charge in [-0.25, -0.2) is 0 Å². The number of aryl methyl sites for hydroxylation is 1. The van der Waals surface area contributed by atoms with Gasteiger partial charge >= 0.3 is 0 Å². The van der Waals surface area contributed by atoms with Crippen LogP contribution in [0.5, 0.6) is 0 Å². The first kappa shape index (κ1) is 15.7. The van der Waals surface area contributed by atoms with E-state index in [9.17, 15) is 0 Å². The summed E-state index contributed by atoms with van der Waals surface area (Å²) in [6, 6.07) is 5.06. The zero-order valence-electron chi connectivity index (χ0n) is 12.8. The van der Waals surface area contributed by atoms with Gasteiger partial charge in [-0.3, -0.25) is 0 Å². The van der Waals surface area contributed by atoms with Gasteiger partial charge in [-0.15, -0.1) is 11.3 Å². The lowest BCUT2D eigenvalue weighted by Crippen LogP contribution is -2.27. The second kappa shape index (κ2) is 6.72. The molecule has 0 fully saturated rings. The molecule has 1 aromatic rings. The fourth-order valence-corrected chi connectivity index (χ4v) is 2.93. The Kier molecular flexibility index (Phi) is 5.87. The van der Waals surface area contributed by atoms with Crippen LogP contribution in [0.2, 0.25) is 0 Å². The molecule has 0 saturated carbocycles. The zero-order valence-corrected chi connectivity index (χ0v) is 13.7. The second-order valence-electron chi connectivity index (χ2n) is 6.46. The molecule has 0 aliphatic rings. The highest BCUT2D eigenvalue weighted by molar-refractivity contribution is 7.12. The molecule has 2 heteroatoms. The quantitative estimate of drug-likeness (QED) is 0.750. The fraction of sp³-hybridized carbons (Fsp3) is 0.750. The Balaban J connectivity index is 2.73. The van der Waals surface area contributed by atoms with Crippen LogP contribution in [-0.2, 0) is 0 Å². The monoisotopic (exact) mass is 267 g/mol. The first-order valence-corrected chi connectivity index (χ1v) is 7.96. The van der Waals surface area contributed by atoms with E-state index in [4.69, 9.17) is 0 Å². The molecule has 0 spiro atoms. The van der Waals surface area contributed by atoms with E-state index in [0.717, 1.165) is 6.54 Å². The largest absolute Gasteiger partial charge is 0.309 e. The highest BCUT2D eigenvalue weighted by atomic mass is 32.1. The van der Waals surface area contributed by atoms with Crippen molar-refractivity contribution < 1.29 is 0 Å². The summed E-state index contributed by atoms with van der Waals surface area (Å²) in [4.78, 5) is 2.91. The Morgan fingerprint density at radius 2 is 1.94 bits per heavy atom. The van der Waals surface area contributed by atoms with Crippen molar-refractivity contribution in [2.24, 2.45) is 11.3 Å². The second-order valence-corrected chi connectivity index (χ2v) is 7.78. The van der Waals surface area contributed by atoms with E-state index in [2.05, 4.69) is 59.0 Å². The van der Waals surface area contributed by atoms with Gasteiger partial charge in [-0.05, 0) is 49.8 Å². The standard InChI is InChI=1S/C16H29NS/c1-7-10-17-14(11-12(2)16(4,5)6)15-9-8-13(3)18-15/h8-9,12,14,17H,7,10-11H2,1-6H3. The molecule has 0 aliphatic carbocycles. The highest BCUT2D eigenvalue weighted by Gasteiger charge is 2.24. The molecule has 1 heterocycles. The molecule has 0 aliphatic heterocycles. The molecule has 2 atom stereocenters. The minimum Gasteiger partial charge on any atom is -0.309 e. The maximum atomic E-state index is 3.71.